The molecular formula is C21H14FN5O2. The molecule has 0 saturated heterocycles. The van der Waals surface area contributed by atoms with E-state index in [-0.39, 0.29) is 5.82 Å². The second-order valence-corrected chi connectivity index (χ2v) is 6.31. The third-order valence-electron chi connectivity index (χ3n) is 4.45. The maximum absolute atomic E-state index is 14.1. The van der Waals surface area contributed by atoms with Gasteiger partial charge in [0.1, 0.15) is 30.8 Å². The van der Waals surface area contributed by atoms with Gasteiger partial charge in [-0.25, -0.2) is 14.1 Å². The van der Waals surface area contributed by atoms with Crippen molar-refractivity contribution >= 4 is 11.1 Å². The van der Waals surface area contributed by atoms with Gasteiger partial charge in [0, 0.05) is 11.6 Å². The molecule has 0 N–H and O–H groups in total. The molecule has 0 unspecified atom stereocenters. The van der Waals surface area contributed by atoms with Crippen LogP contribution >= 0.6 is 0 Å². The van der Waals surface area contributed by atoms with Crippen LogP contribution < -0.4 is 4.74 Å². The van der Waals surface area contributed by atoms with E-state index in [9.17, 15) is 4.39 Å². The van der Waals surface area contributed by atoms with Crippen molar-refractivity contribution in [2.24, 2.45) is 0 Å². The van der Waals surface area contributed by atoms with Crippen molar-refractivity contribution in [2.75, 3.05) is 0 Å². The Morgan fingerprint density at radius 2 is 1.86 bits per heavy atom. The monoisotopic (exact) mass is 387 g/mol. The van der Waals surface area contributed by atoms with Gasteiger partial charge in [-0.3, -0.25) is 0 Å². The van der Waals surface area contributed by atoms with E-state index in [0.717, 1.165) is 11.3 Å². The van der Waals surface area contributed by atoms with Crippen LogP contribution in [0.4, 0.5) is 4.39 Å². The Balaban J connectivity index is 1.33. The van der Waals surface area contributed by atoms with Gasteiger partial charge in [0.05, 0.1) is 11.1 Å². The first-order valence-electron chi connectivity index (χ1n) is 8.86. The standard InChI is InChI=1S/C21H14FN5O2/c22-18-4-2-1-3-16(18)20-17-9-10-19(25-21(17)29-26-20)28-11-14-5-7-15(8-6-14)27-13-23-12-24-27/h1-10,12-13H,11H2. The van der Waals surface area contributed by atoms with E-state index in [0.29, 0.717) is 34.8 Å². The summed E-state index contributed by atoms with van der Waals surface area (Å²) >= 11 is 0. The Bertz CT molecular complexity index is 1270. The predicted molar refractivity (Wildman–Crippen MR) is 103 cm³/mol. The highest BCUT2D eigenvalue weighted by molar-refractivity contribution is 5.89. The number of fused-ring (bicyclic) bond motifs is 1. The molecule has 0 radical (unpaired) electrons. The van der Waals surface area contributed by atoms with Gasteiger partial charge in [-0.1, -0.05) is 29.4 Å². The van der Waals surface area contributed by atoms with Crippen LogP contribution in [0, 0.1) is 5.82 Å². The second-order valence-electron chi connectivity index (χ2n) is 6.31. The molecular weight excluding hydrogens is 373 g/mol. The molecule has 0 amide bonds. The summed E-state index contributed by atoms with van der Waals surface area (Å²) in [7, 11) is 0. The molecule has 0 saturated carbocycles. The highest BCUT2D eigenvalue weighted by Crippen LogP contribution is 2.30. The summed E-state index contributed by atoms with van der Waals surface area (Å²) in [6.07, 6.45) is 3.12. The average Bonchev–Trinajstić information content (AvgIpc) is 3.43. The number of ether oxygens (including phenoxy) is 1. The molecule has 3 aromatic heterocycles. The summed E-state index contributed by atoms with van der Waals surface area (Å²) in [5.41, 5.74) is 2.96. The minimum atomic E-state index is -0.364. The van der Waals surface area contributed by atoms with Gasteiger partial charge in [-0.2, -0.15) is 10.1 Å². The van der Waals surface area contributed by atoms with Crippen molar-refractivity contribution < 1.29 is 13.7 Å². The Morgan fingerprint density at radius 1 is 1.00 bits per heavy atom. The van der Waals surface area contributed by atoms with Gasteiger partial charge >= 0.3 is 0 Å². The average molecular weight is 387 g/mol. The SMILES string of the molecule is Fc1ccccc1-c1noc2nc(OCc3ccc(-n4cncn4)cc3)ccc12. The van der Waals surface area contributed by atoms with E-state index >= 15 is 0 Å². The van der Waals surface area contributed by atoms with Gasteiger partial charge in [0.2, 0.25) is 5.88 Å². The molecule has 0 aliphatic carbocycles. The van der Waals surface area contributed by atoms with Crippen molar-refractivity contribution in [2.45, 2.75) is 6.61 Å². The summed E-state index contributed by atoms with van der Waals surface area (Å²) in [5, 5.41) is 8.69. The number of hydrogen-bond donors (Lipinski definition) is 0. The fourth-order valence-corrected chi connectivity index (χ4v) is 2.98. The normalized spacial score (nSPS) is 11.1. The van der Waals surface area contributed by atoms with Gasteiger partial charge in [0.25, 0.3) is 5.71 Å². The Morgan fingerprint density at radius 3 is 2.66 bits per heavy atom. The van der Waals surface area contributed by atoms with E-state index in [4.69, 9.17) is 9.26 Å². The number of pyridine rings is 1. The van der Waals surface area contributed by atoms with Crippen LogP contribution in [-0.4, -0.2) is 24.9 Å². The van der Waals surface area contributed by atoms with E-state index < -0.39 is 0 Å². The molecule has 0 aliphatic heterocycles. The zero-order valence-corrected chi connectivity index (χ0v) is 15.1. The van der Waals surface area contributed by atoms with Crippen LogP contribution in [0.3, 0.4) is 0 Å². The topological polar surface area (TPSA) is 78.9 Å². The minimum Gasteiger partial charge on any atom is -0.473 e. The number of halogens is 1. The summed E-state index contributed by atoms with van der Waals surface area (Å²) < 4.78 is 26.8. The van der Waals surface area contributed by atoms with Crippen LogP contribution in [0.15, 0.2) is 77.8 Å². The van der Waals surface area contributed by atoms with E-state index in [1.54, 1.807) is 41.3 Å². The zero-order valence-electron chi connectivity index (χ0n) is 15.1. The van der Waals surface area contributed by atoms with Gasteiger partial charge in [-0.15, -0.1) is 0 Å². The van der Waals surface area contributed by atoms with Gasteiger partial charge < -0.3 is 9.26 Å². The molecule has 0 atom stereocenters. The number of benzene rings is 2. The lowest BCUT2D eigenvalue weighted by molar-refractivity contribution is 0.293. The van der Waals surface area contributed by atoms with Gasteiger partial charge in [0.15, 0.2) is 0 Å². The second kappa shape index (κ2) is 7.16. The molecule has 7 nitrogen and oxygen atoms in total. The van der Waals surface area contributed by atoms with Crippen LogP contribution in [0.2, 0.25) is 0 Å². The number of aromatic nitrogens is 5. The minimum absolute atomic E-state index is 0.294. The fourth-order valence-electron chi connectivity index (χ4n) is 2.98. The third-order valence-corrected chi connectivity index (χ3v) is 4.45. The first-order chi connectivity index (χ1) is 14.3. The molecule has 0 bridgehead atoms. The van der Waals surface area contributed by atoms with Crippen LogP contribution in [0.25, 0.3) is 28.0 Å². The molecule has 2 aromatic carbocycles. The summed E-state index contributed by atoms with van der Waals surface area (Å²) in [6.45, 7) is 0.338. The highest BCUT2D eigenvalue weighted by Gasteiger charge is 2.15. The molecule has 0 spiro atoms. The lowest BCUT2D eigenvalue weighted by atomic mass is 10.1. The highest BCUT2D eigenvalue weighted by atomic mass is 19.1. The van der Waals surface area contributed by atoms with E-state index in [1.165, 1.54) is 12.4 Å². The fraction of sp³-hybridized carbons (Fsp3) is 0.0476. The summed E-state index contributed by atoms with van der Waals surface area (Å²) in [4.78, 5) is 8.26. The van der Waals surface area contributed by atoms with Crippen LogP contribution in [-0.2, 0) is 6.61 Å². The number of nitrogens with zero attached hydrogens (tertiary/aromatic N) is 5. The van der Waals surface area contributed by atoms with Gasteiger partial charge in [-0.05, 0) is 35.9 Å². The van der Waals surface area contributed by atoms with Crippen molar-refractivity contribution in [1.82, 2.24) is 24.9 Å². The largest absolute Gasteiger partial charge is 0.473 e. The van der Waals surface area contributed by atoms with E-state index in [1.807, 2.05) is 24.3 Å². The lowest BCUT2D eigenvalue weighted by Gasteiger charge is -2.06. The maximum atomic E-state index is 14.1. The van der Waals surface area contributed by atoms with Crippen LogP contribution in [0.5, 0.6) is 5.88 Å². The first-order valence-corrected chi connectivity index (χ1v) is 8.86. The smallest absolute Gasteiger partial charge is 0.261 e. The Labute approximate surface area is 164 Å². The number of rotatable bonds is 5. The maximum Gasteiger partial charge on any atom is 0.261 e. The predicted octanol–water partition coefficient (Wildman–Crippen LogP) is 4.19. The number of hydrogen-bond acceptors (Lipinski definition) is 6. The quantitative estimate of drug-likeness (QED) is 0.450. The molecule has 0 aliphatic rings. The molecule has 0 fully saturated rings. The van der Waals surface area contributed by atoms with Crippen LogP contribution in [0.1, 0.15) is 5.56 Å². The lowest BCUT2D eigenvalue weighted by Crippen LogP contribution is -1.99. The van der Waals surface area contributed by atoms with Crippen molar-refractivity contribution in [1.29, 1.82) is 0 Å². The Kier molecular flexibility index (Phi) is 4.21. The molecule has 8 heteroatoms. The molecule has 29 heavy (non-hydrogen) atoms. The molecule has 5 rings (SSSR count). The first kappa shape index (κ1) is 17.1. The Hall–Kier alpha value is -4.07. The zero-order chi connectivity index (χ0) is 19.6. The molecule has 3 heterocycles. The molecule has 142 valence electrons. The van der Waals surface area contributed by atoms with Crippen molar-refractivity contribution in [3.63, 3.8) is 0 Å². The van der Waals surface area contributed by atoms with Crippen molar-refractivity contribution in [3.05, 3.63) is 84.7 Å². The summed E-state index contributed by atoms with van der Waals surface area (Å²) in [5.74, 6) is 0.0338. The third kappa shape index (κ3) is 3.31. The summed E-state index contributed by atoms with van der Waals surface area (Å²) in [6, 6.07) is 17.6. The van der Waals surface area contributed by atoms with Crippen molar-refractivity contribution in [3.8, 4) is 22.8 Å². The van der Waals surface area contributed by atoms with E-state index in [2.05, 4.69) is 20.2 Å². The molecule has 5 aromatic rings.